The third-order valence-corrected chi connectivity index (χ3v) is 4.33. The fourth-order valence-corrected chi connectivity index (χ4v) is 3.73. The van der Waals surface area contributed by atoms with Gasteiger partial charge in [0.15, 0.2) is 5.75 Å². The molecular weight excluding hydrogens is 276 g/mol. The fourth-order valence-electron chi connectivity index (χ4n) is 1.45. The zero-order chi connectivity index (χ0) is 13.2. The first-order chi connectivity index (χ1) is 8.48. The predicted octanol–water partition coefficient (Wildman–Crippen LogP) is 1.92. The minimum atomic E-state index is -3.73. The molecule has 1 heterocycles. The summed E-state index contributed by atoms with van der Waals surface area (Å²) in [5.74, 6) is -0.325. The van der Waals surface area contributed by atoms with E-state index in [2.05, 4.69) is 0 Å². The summed E-state index contributed by atoms with van der Waals surface area (Å²) in [4.78, 5) is 11.0. The summed E-state index contributed by atoms with van der Waals surface area (Å²) in [6.07, 6.45) is -0.0227. The number of aliphatic carboxylic acids is 1. The van der Waals surface area contributed by atoms with Crippen molar-refractivity contribution < 1.29 is 22.5 Å². The van der Waals surface area contributed by atoms with Crippen LogP contribution >= 0.6 is 11.8 Å². The molecule has 7 heteroatoms. The molecule has 0 atom stereocenters. The van der Waals surface area contributed by atoms with Crippen LogP contribution in [0.2, 0.25) is 0 Å². The highest BCUT2D eigenvalue weighted by Crippen LogP contribution is 2.39. The molecule has 0 aliphatic carbocycles. The molecule has 1 N–H and O–H groups in total. The van der Waals surface area contributed by atoms with E-state index >= 15 is 0 Å². The molecule has 5 nitrogen and oxygen atoms in total. The minimum Gasteiger partial charge on any atom is -0.481 e. The first-order valence-corrected chi connectivity index (χ1v) is 7.54. The summed E-state index contributed by atoms with van der Waals surface area (Å²) in [5.41, 5.74) is 0.669. The van der Waals surface area contributed by atoms with Gasteiger partial charge in [0.25, 0.3) is 0 Å². The van der Waals surface area contributed by atoms with Crippen molar-refractivity contribution in [3.63, 3.8) is 0 Å². The monoisotopic (exact) mass is 286 g/mol. The molecule has 0 amide bonds. The lowest BCUT2D eigenvalue weighted by Gasteiger charge is -2.17. The molecule has 0 spiro atoms. The van der Waals surface area contributed by atoms with Gasteiger partial charge in [-0.2, -0.15) is 8.42 Å². The van der Waals surface area contributed by atoms with Gasteiger partial charge in [0.05, 0.1) is 11.8 Å². The smallest absolute Gasteiger partial charge is 0.333 e. The Morgan fingerprint density at radius 3 is 2.78 bits per heavy atom. The van der Waals surface area contributed by atoms with Crippen LogP contribution in [0.3, 0.4) is 0 Å². The van der Waals surface area contributed by atoms with Crippen LogP contribution in [0.4, 0.5) is 0 Å². The summed E-state index contributed by atoms with van der Waals surface area (Å²) in [6.45, 7) is 0. The predicted molar refractivity (Wildman–Crippen MR) is 68.7 cm³/mol. The number of carboxylic acid groups (broad SMARTS) is 1. The molecule has 0 aromatic heterocycles. The van der Waals surface area contributed by atoms with Gasteiger partial charge in [0.2, 0.25) is 0 Å². The molecule has 0 saturated carbocycles. The lowest BCUT2D eigenvalue weighted by molar-refractivity contribution is -0.136. The summed E-state index contributed by atoms with van der Waals surface area (Å²) >= 11 is 1.19. The normalized spacial score (nSPS) is 16.3. The Bertz CT molecular complexity index is 604. The summed E-state index contributed by atoms with van der Waals surface area (Å²) < 4.78 is 27.8. The largest absolute Gasteiger partial charge is 0.481 e. The van der Waals surface area contributed by atoms with Crippen LogP contribution in [0, 0.1) is 0 Å². The van der Waals surface area contributed by atoms with Gasteiger partial charge < -0.3 is 9.29 Å². The number of carbonyl (C=O) groups is 1. The van der Waals surface area contributed by atoms with Crippen LogP contribution in [-0.2, 0) is 14.9 Å². The van der Waals surface area contributed by atoms with Crippen LogP contribution in [-0.4, -0.2) is 25.2 Å². The summed E-state index contributed by atoms with van der Waals surface area (Å²) in [7, 11) is -3.73. The van der Waals surface area contributed by atoms with Gasteiger partial charge >= 0.3 is 16.1 Å². The maximum Gasteiger partial charge on any atom is 0.333 e. The third-order valence-electron chi connectivity index (χ3n) is 2.18. The number of thioether (sulfide) groups is 1. The van der Waals surface area contributed by atoms with Crippen LogP contribution in [0.5, 0.6) is 5.75 Å². The molecule has 2 rings (SSSR count). The first kappa shape index (κ1) is 13.0. The minimum absolute atomic E-state index is 0.0227. The molecular formula is C11H10O5S2. The lowest BCUT2D eigenvalue weighted by atomic mass is 10.2. The van der Waals surface area contributed by atoms with Crippen LogP contribution in [0.1, 0.15) is 12.0 Å². The quantitative estimate of drug-likeness (QED) is 0.852. The number of hydrogen-bond donors (Lipinski definition) is 1. The first-order valence-electron chi connectivity index (χ1n) is 5.08. The zero-order valence-electron chi connectivity index (χ0n) is 9.20. The van der Waals surface area contributed by atoms with Crippen molar-refractivity contribution in [2.75, 3.05) is 5.75 Å². The number of rotatable bonds is 4. The van der Waals surface area contributed by atoms with E-state index in [-0.39, 0.29) is 12.2 Å². The van der Waals surface area contributed by atoms with Gasteiger partial charge in [-0.3, -0.25) is 4.79 Å². The topological polar surface area (TPSA) is 80.7 Å². The van der Waals surface area contributed by atoms with Crippen LogP contribution < -0.4 is 4.18 Å². The highest BCUT2D eigenvalue weighted by molar-refractivity contribution is 8.09. The van der Waals surface area contributed by atoms with Gasteiger partial charge in [-0.1, -0.05) is 18.2 Å². The molecule has 18 heavy (non-hydrogen) atoms. The number of hydrogen-bond acceptors (Lipinski definition) is 5. The average molecular weight is 286 g/mol. The molecule has 0 radical (unpaired) electrons. The van der Waals surface area contributed by atoms with E-state index in [4.69, 9.17) is 9.29 Å². The van der Waals surface area contributed by atoms with Crippen molar-refractivity contribution >= 4 is 32.8 Å². The summed E-state index contributed by atoms with van der Waals surface area (Å²) in [5, 5.41) is 9.59. The van der Waals surface area contributed by atoms with E-state index in [1.54, 1.807) is 24.3 Å². The van der Waals surface area contributed by atoms with Gasteiger partial charge in [-0.15, -0.1) is 11.8 Å². The molecule has 1 aliphatic heterocycles. The number of para-hydroxylation sites is 1. The molecule has 1 aliphatic rings. The maximum absolute atomic E-state index is 11.5. The maximum atomic E-state index is 11.5. The Labute approximate surface area is 109 Å². The second kappa shape index (κ2) is 5.03. The Morgan fingerprint density at radius 1 is 1.33 bits per heavy atom. The number of benzene rings is 1. The van der Waals surface area contributed by atoms with Gasteiger partial charge in [0, 0.05) is 16.2 Å². The fraction of sp³-hybridized carbons (Fsp3) is 0.182. The van der Waals surface area contributed by atoms with Crippen molar-refractivity contribution in [3.8, 4) is 5.75 Å². The van der Waals surface area contributed by atoms with E-state index < -0.39 is 16.1 Å². The molecule has 0 unspecified atom stereocenters. The van der Waals surface area contributed by atoms with Crippen molar-refractivity contribution in [2.24, 2.45) is 0 Å². The highest BCUT2D eigenvalue weighted by Gasteiger charge is 2.23. The molecule has 0 bridgehead atoms. The Balaban J connectivity index is 2.26. The van der Waals surface area contributed by atoms with Crippen molar-refractivity contribution in [2.45, 2.75) is 6.42 Å². The number of carboxylic acids is 1. The zero-order valence-corrected chi connectivity index (χ0v) is 10.8. The second-order valence-corrected chi connectivity index (χ2v) is 6.07. The molecule has 1 aromatic carbocycles. The number of fused-ring (bicyclic) bond motifs is 1. The SMILES string of the molecule is O=C(O)CCSC1=CS(=O)(=O)Oc2ccccc21. The van der Waals surface area contributed by atoms with Crippen molar-refractivity contribution in [1.82, 2.24) is 0 Å². The van der Waals surface area contributed by atoms with Gasteiger partial charge in [-0.25, -0.2) is 0 Å². The van der Waals surface area contributed by atoms with Crippen LogP contribution in [0.25, 0.3) is 4.91 Å². The average Bonchev–Trinajstić information content (AvgIpc) is 2.27. The molecule has 1 aromatic rings. The van der Waals surface area contributed by atoms with Gasteiger partial charge in [0.1, 0.15) is 0 Å². The Kier molecular flexibility index (Phi) is 3.63. The van der Waals surface area contributed by atoms with E-state index in [0.717, 1.165) is 5.41 Å². The van der Waals surface area contributed by atoms with Gasteiger partial charge in [-0.05, 0) is 6.07 Å². The van der Waals surface area contributed by atoms with Crippen molar-refractivity contribution in [1.29, 1.82) is 0 Å². The van der Waals surface area contributed by atoms with E-state index in [9.17, 15) is 13.2 Å². The Morgan fingerprint density at radius 2 is 2.06 bits per heavy atom. The highest BCUT2D eigenvalue weighted by atomic mass is 32.2. The Hall–Kier alpha value is -1.47. The standard InChI is InChI=1S/C11H10O5S2/c12-11(13)5-6-17-10-7-18(14,15)16-9-4-2-1-3-8(9)10/h1-4,7H,5-6H2,(H,12,13). The third kappa shape index (κ3) is 3.05. The molecule has 96 valence electrons. The lowest BCUT2D eigenvalue weighted by Crippen LogP contribution is -2.11. The van der Waals surface area contributed by atoms with E-state index in [0.29, 0.717) is 16.2 Å². The van der Waals surface area contributed by atoms with E-state index in [1.165, 1.54) is 11.8 Å². The van der Waals surface area contributed by atoms with E-state index in [1.807, 2.05) is 0 Å². The summed E-state index contributed by atoms with van der Waals surface area (Å²) in [6, 6.07) is 6.76. The molecule has 0 saturated heterocycles. The molecule has 0 fully saturated rings. The second-order valence-electron chi connectivity index (χ2n) is 3.55. The van der Waals surface area contributed by atoms with Crippen LogP contribution in [0.15, 0.2) is 29.7 Å². The van der Waals surface area contributed by atoms with Crippen molar-refractivity contribution in [3.05, 3.63) is 35.2 Å².